The molecule has 4 nitrogen and oxygen atoms in total. The first-order valence-corrected chi connectivity index (χ1v) is 4.72. The van der Waals surface area contributed by atoms with Crippen LogP contribution in [0.2, 0.25) is 0 Å². The fourth-order valence-electron chi connectivity index (χ4n) is 1.51. The Bertz CT molecular complexity index is 392. The van der Waals surface area contributed by atoms with Gasteiger partial charge < -0.3 is 14.9 Å². The molecular weight excluding hydrogens is 215 g/mol. The molecule has 2 atom stereocenters. The monoisotopic (exact) mass is 228 g/mol. The fourth-order valence-corrected chi connectivity index (χ4v) is 1.51. The van der Waals surface area contributed by atoms with Crippen LogP contribution in [0.1, 0.15) is 18.4 Å². The third-order valence-corrected chi connectivity index (χ3v) is 2.41. The van der Waals surface area contributed by atoms with Crippen LogP contribution >= 0.6 is 0 Å². The maximum absolute atomic E-state index is 13.5. The molecule has 5 heteroatoms. The molecule has 0 amide bonds. The number of ether oxygens (including phenoxy) is 1. The molecule has 0 aromatic heterocycles. The van der Waals surface area contributed by atoms with Gasteiger partial charge in [-0.15, -0.1) is 0 Å². The quantitative estimate of drug-likeness (QED) is 0.817. The highest BCUT2D eigenvalue weighted by atomic mass is 19.1. The second-order valence-electron chi connectivity index (χ2n) is 3.43. The minimum Gasteiger partial charge on any atom is -0.496 e. The van der Waals surface area contributed by atoms with E-state index in [9.17, 15) is 14.3 Å². The van der Waals surface area contributed by atoms with Crippen molar-refractivity contribution in [3.05, 3.63) is 29.6 Å². The summed E-state index contributed by atoms with van der Waals surface area (Å²) in [6.45, 7) is 1.43. The van der Waals surface area contributed by atoms with Gasteiger partial charge in [-0.1, -0.05) is 13.0 Å². The molecule has 1 rings (SSSR count). The third kappa shape index (κ3) is 2.30. The smallest absolute Gasteiger partial charge is 0.333 e. The average Bonchev–Trinajstić information content (AvgIpc) is 2.26. The Labute approximate surface area is 92.3 Å². The Balaban J connectivity index is 3.16. The third-order valence-electron chi connectivity index (χ3n) is 2.41. The molecule has 0 aliphatic carbocycles. The zero-order valence-electron chi connectivity index (χ0n) is 8.98. The summed E-state index contributed by atoms with van der Waals surface area (Å²) in [7, 11) is 1.36. The summed E-state index contributed by atoms with van der Waals surface area (Å²) in [4.78, 5) is 10.6. The van der Waals surface area contributed by atoms with Crippen LogP contribution in [0.25, 0.3) is 0 Å². The van der Waals surface area contributed by atoms with Gasteiger partial charge in [-0.25, -0.2) is 9.18 Å². The van der Waals surface area contributed by atoms with E-state index >= 15 is 0 Å². The van der Waals surface area contributed by atoms with Crippen LogP contribution in [0.15, 0.2) is 18.2 Å². The van der Waals surface area contributed by atoms with Gasteiger partial charge in [-0.3, -0.25) is 0 Å². The molecule has 0 radical (unpaired) electrons. The Hall–Kier alpha value is -1.62. The second kappa shape index (κ2) is 4.94. The number of aliphatic hydroxyl groups excluding tert-OH is 1. The number of halogens is 1. The summed E-state index contributed by atoms with van der Waals surface area (Å²) in [5.41, 5.74) is 0.0694. The molecule has 0 heterocycles. The highest BCUT2D eigenvalue weighted by Crippen LogP contribution is 2.31. The number of rotatable bonds is 4. The number of benzene rings is 1. The van der Waals surface area contributed by atoms with E-state index in [1.54, 1.807) is 0 Å². The molecule has 1 aromatic rings. The summed E-state index contributed by atoms with van der Waals surface area (Å²) in [6.07, 6.45) is -1.66. The highest BCUT2D eigenvalue weighted by Gasteiger charge is 2.27. The van der Waals surface area contributed by atoms with Crippen LogP contribution in [0, 0.1) is 5.82 Å². The summed E-state index contributed by atoms with van der Waals surface area (Å²) in [5, 5.41) is 18.0. The molecule has 0 aliphatic rings. The van der Waals surface area contributed by atoms with Crippen LogP contribution in [-0.2, 0) is 4.79 Å². The number of carboxylic acid groups (broad SMARTS) is 1. The normalized spacial score (nSPS) is 14.2. The van der Waals surface area contributed by atoms with Crippen molar-refractivity contribution in [1.29, 1.82) is 0 Å². The van der Waals surface area contributed by atoms with Gasteiger partial charge in [-0.05, 0) is 12.1 Å². The summed E-state index contributed by atoms with van der Waals surface area (Å²) < 4.78 is 18.5. The summed E-state index contributed by atoms with van der Waals surface area (Å²) in [6, 6.07) is 4.17. The zero-order chi connectivity index (χ0) is 12.3. The van der Waals surface area contributed by atoms with Gasteiger partial charge in [0.1, 0.15) is 11.6 Å². The zero-order valence-corrected chi connectivity index (χ0v) is 8.98. The lowest BCUT2D eigenvalue weighted by Gasteiger charge is -2.18. The predicted octanol–water partition coefficient (Wildman–Crippen LogP) is 1.38. The number of hydrogen-bond donors (Lipinski definition) is 2. The SMILES string of the molecule is COc1cccc(F)c1C(C)C(O)C(=O)O. The van der Waals surface area contributed by atoms with E-state index in [0.29, 0.717) is 0 Å². The lowest BCUT2D eigenvalue weighted by atomic mass is 9.94. The van der Waals surface area contributed by atoms with E-state index in [4.69, 9.17) is 9.84 Å². The molecule has 2 N–H and O–H groups in total. The molecule has 0 aliphatic heterocycles. The Morgan fingerprint density at radius 2 is 2.12 bits per heavy atom. The lowest BCUT2D eigenvalue weighted by Crippen LogP contribution is -2.26. The molecule has 88 valence electrons. The summed E-state index contributed by atoms with van der Waals surface area (Å²) in [5.74, 6) is -2.63. The Morgan fingerprint density at radius 3 is 2.62 bits per heavy atom. The van der Waals surface area contributed by atoms with E-state index in [2.05, 4.69) is 0 Å². The van der Waals surface area contributed by atoms with Crippen LogP contribution < -0.4 is 4.74 Å². The maximum atomic E-state index is 13.5. The average molecular weight is 228 g/mol. The molecule has 0 bridgehead atoms. The molecule has 0 spiro atoms. The van der Waals surface area contributed by atoms with E-state index in [1.807, 2.05) is 0 Å². The van der Waals surface area contributed by atoms with Crippen LogP contribution in [0.4, 0.5) is 4.39 Å². The van der Waals surface area contributed by atoms with Crippen LogP contribution in [-0.4, -0.2) is 29.4 Å². The number of methoxy groups -OCH3 is 1. The van der Waals surface area contributed by atoms with Gasteiger partial charge in [-0.2, -0.15) is 0 Å². The van der Waals surface area contributed by atoms with Gasteiger partial charge in [0.05, 0.1) is 7.11 Å². The molecule has 0 saturated heterocycles. The van der Waals surface area contributed by atoms with Crippen molar-refractivity contribution in [2.24, 2.45) is 0 Å². The standard InChI is InChI=1S/C11H13FO4/c1-6(10(13)11(14)15)9-7(12)4-3-5-8(9)16-2/h3-6,10,13H,1-2H3,(H,14,15). The largest absolute Gasteiger partial charge is 0.496 e. The Morgan fingerprint density at radius 1 is 1.50 bits per heavy atom. The van der Waals surface area contributed by atoms with E-state index in [1.165, 1.54) is 32.2 Å². The van der Waals surface area contributed by atoms with Gasteiger partial charge in [0.25, 0.3) is 0 Å². The number of aliphatic hydroxyl groups is 1. The van der Waals surface area contributed by atoms with Crippen molar-refractivity contribution < 1.29 is 24.1 Å². The first-order chi connectivity index (χ1) is 7.49. The van der Waals surface area contributed by atoms with Crippen molar-refractivity contribution in [2.75, 3.05) is 7.11 Å². The van der Waals surface area contributed by atoms with Gasteiger partial charge >= 0.3 is 5.97 Å². The van der Waals surface area contributed by atoms with Gasteiger partial charge in [0, 0.05) is 11.5 Å². The van der Waals surface area contributed by atoms with Crippen molar-refractivity contribution in [1.82, 2.24) is 0 Å². The second-order valence-corrected chi connectivity index (χ2v) is 3.43. The van der Waals surface area contributed by atoms with Crippen molar-refractivity contribution in [2.45, 2.75) is 18.9 Å². The first kappa shape index (κ1) is 12.4. The number of carboxylic acids is 1. The molecule has 16 heavy (non-hydrogen) atoms. The maximum Gasteiger partial charge on any atom is 0.333 e. The van der Waals surface area contributed by atoms with Crippen molar-refractivity contribution in [3.63, 3.8) is 0 Å². The van der Waals surface area contributed by atoms with E-state index in [0.717, 1.165) is 0 Å². The van der Waals surface area contributed by atoms with E-state index < -0.39 is 23.8 Å². The minimum atomic E-state index is -1.66. The number of hydrogen-bond acceptors (Lipinski definition) is 3. The highest BCUT2D eigenvalue weighted by molar-refractivity contribution is 5.73. The molecule has 0 saturated carbocycles. The molecule has 1 aromatic carbocycles. The molecular formula is C11H13FO4. The minimum absolute atomic E-state index is 0.0694. The van der Waals surface area contributed by atoms with Crippen molar-refractivity contribution >= 4 is 5.97 Å². The first-order valence-electron chi connectivity index (χ1n) is 4.72. The van der Waals surface area contributed by atoms with Crippen LogP contribution in [0.3, 0.4) is 0 Å². The fraction of sp³-hybridized carbons (Fsp3) is 0.364. The molecule has 2 unspecified atom stereocenters. The van der Waals surface area contributed by atoms with Gasteiger partial charge in [0.15, 0.2) is 6.10 Å². The lowest BCUT2D eigenvalue weighted by molar-refractivity contribution is -0.147. The topological polar surface area (TPSA) is 66.8 Å². The van der Waals surface area contributed by atoms with E-state index in [-0.39, 0.29) is 11.3 Å². The van der Waals surface area contributed by atoms with Gasteiger partial charge in [0.2, 0.25) is 0 Å². The predicted molar refractivity (Wildman–Crippen MR) is 55.0 cm³/mol. The summed E-state index contributed by atoms with van der Waals surface area (Å²) >= 11 is 0. The van der Waals surface area contributed by atoms with Crippen LogP contribution in [0.5, 0.6) is 5.75 Å². The number of aliphatic carboxylic acids is 1. The number of carbonyl (C=O) groups is 1. The molecule has 0 fully saturated rings. The Kier molecular flexibility index (Phi) is 3.84. The van der Waals surface area contributed by atoms with Crippen molar-refractivity contribution in [3.8, 4) is 5.75 Å².